The fraction of sp³-hybridized carbons (Fsp3) is 1.00. The summed E-state index contributed by atoms with van der Waals surface area (Å²) >= 11 is 0. The van der Waals surface area contributed by atoms with E-state index in [-0.39, 0.29) is 0 Å². The summed E-state index contributed by atoms with van der Waals surface area (Å²) in [6, 6.07) is 0.534. The zero-order valence-corrected chi connectivity index (χ0v) is 13.8. The van der Waals surface area contributed by atoms with E-state index in [0.29, 0.717) is 31.6 Å². The Bertz CT molecular complexity index is 426. The highest BCUT2D eigenvalue weighted by Crippen LogP contribution is 2.27. The van der Waals surface area contributed by atoms with E-state index in [2.05, 4.69) is 5.32 Å². The van der Waals surface area contributed by atoms with Crippen molar-refractivity contribution in [3.05, 3.63) is 0 Å². The van der Waals surface area contributed by atoms with Gasteiger partial charge in [0.05, 0.1) is 0 Å². The molecule has 3 rings (SSSR count). The Morgan fingerprint density at radius 1 is 0.810 bits per heavy atom. The van der Waals surface area contributed by atoms with Crippen molar-refractivity contribution in [3.8, 4) is 0 Å². The van der Waals surface area contributed by atoms with Gasteiger partial charge in [0.15, 0.2) is 0 Å². The van der Waals surface area contributed by atoms with Crippen LogP contribution in [0.15, 0.2) is 0 Å². The van der Waals surface area contributed by atoms with Gasteiger partial charge in [0.2, 0.25) is 0 Å². The van der Waals surface area contributed by atoms with Gasteiger partial charge in [-0.25, -0.2) is 0 Å². The highest BCUT2D eigenvalue weighted by molar-refractivity contribution is 7.86. The molecule has 0 aromatic heterocycles. The van der Waals surface area contributed by atoms with Crippen LogP contribution in [0, 0.1) is 5.92 Å². The van der Waals surface area contributed by atoms with Crippen LogP contribution in [0.5, 0.6) is 0 Å². The molecule has 1 N–H and O–H groups in total. The lowest BCUT2D eigenvalue weighted by Crippen LogP contribution is -2.51. The minimum Gasteiger partial charge on any atom is -0.314 e. The first-order valence-corrected chi connectivity index (χ1v) is 10.1. The van der Waals surface area contributed by atoms with E-state index >= 15 is 0 Å². The second-order valence-corrected chi connectivity index (χ2v) is 8.71. The maximum Gasteiger partial charge on any atom is 0.281 e. The summed E-state index contributed by atoms with van der Waals surface area (Å²) in [4.78, 5) is 0. The fourth-order valence-electron chi connectivity index (χ4n) is 4.06. The summed E-state index contributed by atoms with van der Waals surface area (Å²) in [6.45, 7) is 3.95. The quantitative estimate of drug-likeness (QED) is 0.860. The van der Waals surface area contributed by atoms with Crippen LogP contribution in [-0.4, -0.2) is 55.8 Å². The number of piperidine rings is 1. The molecule has 0 saturated carbocycles. The molecule has 0 spiro atoms. The van der Waals surface area contributed by atoms with Crippen molar-refractivity contribution in [2.75, 3.05) is 32.7 Å². The van der Waals surface area contributed by atoms with Gasteiger partial charge in [0, 0.05) is 32.2 Å². The molecule has 3 fully saturated rings. The lowest BCUT2D eigenvalue weighted by Gasteiger charge is -2.37. The van der Waals surface area contributed by atoms with E-state index in [1.165, 1.54) is 32.1 Å². The number of hydrogen-bond donors (Lipinski definition) is 1. The summed E-state index contributed by atoms with van der Waals surface area (Å²) in [5, 5.41) is 3.55. The average Bonchev–Trinajstić information content (AvgIpc) is 2.89. The zero-order valence-electron chi connectivity index (χ0n) is 13.0. The third-order valence-corrected chi connectivity index (χ3v) is 7.31. The van der Waals surface area contributed by atoms with E-state index in [9.17, 15) is 8.42 Å². The van der Waals surface area contributed by atoms with Crippen LogP contribution in [0.3, 0.4) is 0 Å². The Labute approximate surface area is 129 Å². The van der Waals surface area contributed by atoms with Crippen molar-refractivity contribution in [3.63, 3.8) is 0 Å². The van der Waals surface area contributed by atoms with Crippen LogP contribution >= 0.6 is 0 Å². The molecule has 122 valence electrons. The Hall–Kier alpha value is -0.170. The molecule has 2 unspecified atom stereocenters. The van der Waals surface area contributed by atoms with E-state index in [1.54, 1.807) is 8.61 Å². The van der Waals surface area contributed by atoms with E-state index in [1.807, 2.05) is 0 Å². The standard InChI is InChI=1S/C15H29N3O2S/c19-21(20,17-10-3-1-2-4-11-17)18-12-6-7-14(13-18)15-8-5-9-16-15/h14-16H,1-13H2. The number of hydrogen-bond acceptors (Lipinski definition) is 3. The Morgan fingerprint density at radius 3 is 2.19 bits per heavy atom. The summed E-state index contributed by atoms with van der Waals surface area (Å²) in [6.07, 6.45) is 8.99. The molecule has 0 amide bonds. The van der Waals surface area contributed by atoms with Crippen LogP contribution in [0.2, 0.25) is 0 Å². The fourth-order valence-corrected chi connectivity index (χ4v) is 5.85. The minimum absolute atomic E-state index is 0.503. The minimum atomic E-state index is -3.23. The molecule has 0 radical (unpaired) electrons. The molecular formula is C15H29N3O2S. The van der Waals surface area contributed by atoms with Crippen molar-refractivity contribution in [2.45, 2.75) is 57.4 Å². The van der Waals surface area contributed by atoms with Crippen LogP contribution in [0.1, 0.15) is 51.4 Å². The van der Waals surface area contributed by atoms with Gasteiger partial charge >= 0.3 is 0 Å². The lowest BCUT2D eigenvalue weighted by molar-refractivity contribution is 0.214. The van der Waals surface area contributed by atoms with Gasteiger partial charge < -0.3 is 5.32 Å². The van der Waals surface area contributed by atoms with Crippen molar-refractivity contribution < 1.29 is 8.42 Å². The summed E-state index contributed by atoms with van der Waals surface area (Å²) < 4.78 is 29.3. The summed E-state index contributed by atoms with van der Waals surface area (Å²) in [7, 11) is -3.23. The van der Waals surface area contributed by atoms with Crippen LogP contribution < -0.4 is 5.32 Å². The molecule has 0 aromatic rings. The average molecular weight is 315 g/mol. The molecule has 0 bridgehead atoms. The zero-order chi connectivity index (χ0) is 14.7. The predicted octanol–water partition coefficient (Wildman–Crippen LogP) is 1.57. The number of nitrogens with one attached hydrogen (secondary N) is 1. The van der Waals surface area contributed by atoms with Gasteiger partial charge in [-0.05, 0) is 51.0 Å². The summed E-state index contributed by atoms with van der Waals surface area (Å²) in [5.41, 5.74) is 0. The van der Waals surface area contributed by atoms with Crippen LogP contribution in [0.25, 0.3) is 0 Å². The predicted molar refractivity (Wildman–Crippen MR) is 84.3 cm³/mol. The Morgan fingerprint density at radius 2 is 1.52 bits per heavy atom. The largest absolute Gasteiger partial charge is 0.314 e. The maximum absolute atomic E-state index is 12.9. The van der Waals surface area contributed by atoms with Gasteiger partial charge in [0.25, 0.3) is 10.2 Å². The SMILES string of the molecule is O=S(=O)(N1CCCCCC1)N1CCCC(C2CCCN2)C1. The molecule has 0 aromatic carbocycles. The van der Waals surface area contributed by atoms with Gasteiger partial charge in [-0.15, -0.1) is 0 Å². The van der Waals surface area contributed by atoms with Gasteiger partial charge in [0.1, 0.15) is 0 Å². The smallest absolute Gasteiger partial charge is 0.281 e. The summed E-state index contributed by atoms with van der Waals surface area (Å²) in [5.74, 6) is 0.503. The van der Waals surface area contributed by atoms with Crippen molar-refractivity contribution in [1.82, 2.24) is 13.9 Å². The molecule has 21 heavy (non-hydrogen) atoms. The molecule has 3 heterocycles. The molecular weight excluding hydrogens is 286 g/mol. The second kappa shape index (κ2) is 6.94. The molecule has 3 saturated heterocycles. The topological polar surface area (TPSA) is 52.7 Å². The van der Waals surface area contributed by atoms with Gasteiger partial charge in [-0.1, -0.05) is 12.8 Å². The molecule has 3 aliphatic rings. The molecule has 2 atom stereocenters. The highest BCUT2D eigenvalue weighted by Gasteiger charge is 2.36. The number of rotatable bonds is 3. The molecule has 0 aliphatic carbocycles. The van der Waals surface area contributed by atoms with Crippen LogP contribution in [0.4, 0.5) is 0 Å². The Balaban J connectivity index is 1.66. The molecule has 6 heteroatoms. The lowest BCUT2D eigenvalue weighted by atomic mass is 9.91. The first-order valence-electron chi connectivity index (χ1n) is 8.66. The van der Waals surface area contributed by atoms with Gasteiger partial charge in [-0.3, -0.25) is 0 Å². The highest BCUT2D eigenvalue weighted by atomic mass is 32.2. The maximum atomic E-state index is 12.9. The van der Waals surface area contributed by atoms with E-state index in [0.717, 1.165) is 32.4 Å². The Kier molecular flexibility index (Phi) is 5.19. The molecule has 5 nitrogen and oxygen atoms in total. The van der Waals surface area contributed by atoms with Crippen molar-refractivity contribution in [1.29, 1.82) is 0 Å². The molecule has 3 aliphatic heterocycles. The first-order chi connectivity index (χ1) is 10.2. The third kappa shape index (κ3) is 3.60. The van der Waals surface area contributed by atoms with Crippen LogP contribution in [-0.2, 0) is 10.2 Å². The third-order valence-electron chi connectivity index (χ3n) is 5.31. The van der Waals surface area contributed by atoms with E-state index < -0.39 is 10.2 Å². The van der Waals surface area contributed by atoms with Crippen molar-refractivity contribution in [2.24, 2.45) is 5.92 Å². The number of nitrogens with zero attached hydrogens (tertiary/aromatic N) is 2. The van der Waals surface area contributed by atoms with Crippen molar-refractivity contribution >= 4 is 10.2 Å². The normalized spacial score (nSPS) is 33.9. The second-order valence-electron chi connectivity index (χ2n) is 6.78. The van der Waals surface area contributed by atoms with E-state index in [4.69, 9.17) is 0 Å². The van der Waals surface area contributed by atoms with Gasteiger partial charge in [-0.2, -0.15) is 17.0 Å². The first kappa shape index (κ1) is 15.7. The monoisotopic (exact) mass is 315 g/mol.